The van der Waals surface area contributed by atoms with Crippen molar-refractivity contribution in [3.8, 4) is 0 Å². The number of carbonyl (C=O) groups is 2. The molecular formula is C15H12ClNO5S. The highest BCUT2D eigenvalue weighted by Gasteiger charge is 2.17. The normalized spacial score (nSPS) is 11.0. The largest absolute Gasteiger partial charge is 0.478 e. The molecule has 8 heteroatoms. The number of hydrogen-bond acceptors (Lipinski definition) is 4. The van der Waals surface area contributed by atoms with Crippen molar-refractivity contribution in [2.45, 2.75) is 11.8 Å². The van der Waals surface area contributed by atoms with Crippen LogP contribution in [0.3, 0.4) is 0 Å². The first-order valence-electron chi connectivity index (χ1n) is 6.37. The molecule has 2 aromatic rings. The second kappa shape index (κ2) is 6.39. The highest BCUT2D eigenvalue weighted by molar-refractivity contribution is 7.92. The molecule has 0 atom stereocenters. The van der Waals surface area contributed by atoms with Crippen molar-refractivity contribution in [3.05, 3.63) is 58.6 Å². The van der Waals surface area contributed by atoms with Crippen LogP contribution in [0.25, 0.3) is 0 Å². The molecule has 0 aliphatic heterocycles. The van der Waals surface area contributed by atoms with E-state index < -0.39 is 16.0 Å². The van der Waals surface area contributed by atoms with Gasteiger partial charge in [-0.25, -0.2) is 13.2 Å². The number of sulfonamides is 1. The summed E-state index contributed by atoms with van der Waals surface area (Å²) in [5, 5.41) is 9.01. The van der Waals surface area contributed by atoms with E-state index in [1.807, 2.05) is 0 Å². The Balaban J connectivity index is 2.36. The maximum absolute atomic E-state index is 12.3. The number of aromatic carboxylic acids is 1. The van der Waals surface area contributed by atoms with Gasteiger partial charge < -0.3 is 5.11 Å². The number of halogens is 1. The molecule has 0 aliphatic carbocycles. The molecule has 0 spiro atoms. The molecule has 0 radical (unpaired) electrons. The van der Waals surface area contributed by atoms with Crippen LogP contribution < -0.4 is 4.72 Å². The van der Waals surface area contributed by atoms with E-state index in [2.05, 4.69) is 4.72 Å². The van der Waals surface area contributed by atoms with Crippen molar-refractivity contribution in [2.75, 3.05) is 4.72 Å². The Morgan fingerprint density at radius 1 is 1.04 bits per heavy atom. The Hall–Kier alpha value is -2.38. The van der Waals surface area contributed by atoms with E-state index in [-0.39, 0.29) is 27.0 Å². The average molecular weight is 354 g/mol. The van der Waals surface area contributed by atoms with Gasteiger partial charge in [-0.05, 0) is 37.3 Å². The summed E-state index contributed by atoms with van der Waals surface area (Å²) in [6, 6.07) is 9.05. The third-order valence-electron chi connectivity index (χ3n) is 3.03. The fourth-order valence-electron chi connectivity index (χ4n) is 1.81. The van der Waals surface area contributed by atoms with E-state index in [0.29, 0.717) is 5.56 Å². The molecule has 2 rings (SSSR count). The summed E-state index contributed by atoms with van der Waals surface area (Å²) in [4.78, 5) is 22.1. The van der Waals surface area contributed by atoms with Crippen molar-refractivity contribution in [1.29, 1.82) is 0 Å². The number of rotatable bonds is 5. The minimum absolute atomic E-state index is 0.0396. The lowest BCUT2D eigenvalue weighted by atomic mass is 10.2. The molecule has 120 valence electrons. The first-order chi connectivity index (χ1) is 10.7. The molecular weight excluding hydrogens is 342 g/mol. The maximum atomic E-state index is 12.3. The lowest BCUT2D eigenvalue weighted by molar-refractivity contribution is 0.0696. The van der Waals surface area contributed by atoms with Gasteiger partial charge in [0.15, 0.2) is 5.78 Å². The summed E-state index contributed by atoms with van der Waals surface area (Å²) in [6.45, 7) is 1.37. The molecule has 0 fully saturated rings. The number of carboxylic acids is 1. The zero-order valence-electron chi connectivity index (χ0n) is 11.9. The number of anilines is 1. The highest BCUT2D eigenvalue weighted by atomic mass is 35.5. The van der Waals surface area contributed by atoms with Crippen molar-refractivity contribution < 1.29 is 23.1 Å². The van der Waals surface area contributed by atoms with Crippen LogP contribution in [-0.2, 0) is 10.0 Å². The van der Waals surface area contributed by atoms with Crippen LogP contribution in [0.2, 0.25) is 5.02 Å². The van der Waals surface area contributed by atoms with Gasteiger partial charge in [-0.15, -0.1) is 0 Å². The fraction of sp³-hybridized carbons (Fsp3) is 0.0667. The molecule has 0 unspecified atom stereocenters. The Kier molecular flexibility index (Phi) is 4.72. The Bertz CT molecular complexity index is 875. The number of hydrogen-bond donors (Lipinski definition) is 2. The molecule has 23 heavy (non-hydrogen) atoms. The second-order valence-electron chi connectivity index (χ2n) is 4.69. The minimum atomic E-state index is -3.96. The van der Waals surface area contributed by atoms with E-state index >= 15 is 0 Å². The standard InChI is InChI=1S/C15H12ClNO5S/c1-9(18)10-2-5-12(6-3-10)23(21,22)17-14-8-11(15(19)20)4-7-13(14)16/h2-8,17H,1H3,(H,19,20). The molecule has 0 saturated carbocycles. The Morgan fingerprint density at radius 2 is 1.61 bits per heavy atom. The molecule has 2 N–H and O–H groups in total. The average Bonchev–Trinajstić information content (AvgIpc) is 2.49. The van der Waals surface area contributed by atoms with Gasteiger partial charge in [0.1, 0.15) is 0 Å². The maximum Gasteiger partial charge on any atom is 0.335 e. The number of carbonyl (C=O) groups excluding carboxylic acids is 1. The van der Waals surface area contributed by atoms with Crippen LogP contribution in [0, 0.1) is 0 Å². The SMILES string of the molecule is CC(=O)c1ccc(S(=O)(=O)Nc2cc(C(=O)O)ccc2Cl)cc1. The summed E-state index contributed by atoms with van der Waals surface area (Å²) in [5.74, 6) is -1.38. The topological polar surface area (TPSA) is 101 Å². The molecule has 2 aromatic carbocycles. The van der Waals surface area contributed by atoms with Gasteiger partial charge >= 0.3 is 5.97 Å². The van der Waals surface area contributed by atoms with Crippen LogP contribution in [0.5, 0.6) is 0 Å². The van der Waals surface area contributed by atoms with Crippen molar-refractivity contribution >= 4 is 39.1 Å². The summed E-state index contributed by atoms with van der Waals surface area (Å²) in [6.07, 6.45) is 0. The zero-order valence-corrected chi connectivity index (χ0v) is 13.5. The molecule has 0 bridgehead atoms. The summed E-state index contributed by atoms with van der Waals surface area (Å²) in [5.41, 5.74) is 0.246. The first kappa shape index (κ1) is 17.0. The van der Waals surface area contributed by atoms with Crippen molar-refractivity contribution in [1.82, 2.24) is 0 Å². The molecule has 0 amide bonds. The van der Waals surface area contributed by atoms with Crippen LogP contribution in [0.1, 0.15) is 27.6 Å². The van der Waals surface area contributed by atoms with Crippen LogP contribution >= 0.6 is 11.6 Å². The first-order valence-corrected chi connectivity index (χ1v) is 8.23. The van der Waals surface area contributed by atoms with Gasteiger partial charge in [-0.1, -0.05) is 23.7 Å². The predicted molar refractivity (Wildman–Crippen MR) is 85.7 cm³/mol. The van der Waals surface area contributed by atoms with Crippen LogP contribution in [0.15, 0.2) is 47.4 Å². The summed E-state index contributed by atoms with van der Waals surface area (Å²) >= 11 is 5.90. The van der Waals surface area contributed by atoms with Gasteiger partial charge in [-0.2, -0.15) is 0 Å². The third-order valence-corrected chi connectivity index (χ3v) is 4.74. The van der Waals surface area contributed by atoms with Gasteiger partial charge in [0.25, 0.3) is 10.0 Å². The lowest BCUT2D eigenvalue weighted by Crippen LogP contribution is -2.14. The minimum Gasteiger partial charge on any atom is -0.478 e. The monoisotopic (exact) mass is 353 g/mol. The predicted octanol–water partition coefficient (Wildman–Crippen LogP) is 3.04. The summed E-state index contributed by atoms with van der Waals surface area (Å²) < 4.78 is 26.9. The quantitative estimate of drug-likeness (QED) is 0.804. The van der Waals surface area contributed by atoms with Gasteiger partial charge in [0.05, 0.1) is 21.2 Å². The van der Waals surface area contributed by atoms with Gasteiger partial charge in [0, 0.05) is 5.56 Å². The van der Waals surface area contributed by atoms with Gasteiger partial charge in [0.2, 0.25) is 0 Å². The number of Topliss-reactive ketones (excluding diaryl/α,β-unsaturated/α-hetero) is 1. The number of ketones is 1. The van der Waals surface area contributed by atoms with E-state index in [1.54, 1.807) is 0 Å². The molecule has 6 nitrogen and oxygen atoms in total. The van der Waals surface area contributed by atoms with Crippen LogP contribution in [-0.4, -0.2) is 25.3 Å². The van der Waals surface area contributed by atoms with Crippen molar-refractivity contribution in [2.24, 2.45) is 0 Å². The second-order valence-corrected chi connectivity index (χ2v) is 6.78. The van der Waals surface area contributed by atoms with E-state index in [0.717, 1.165) is 6.07 Å². The Labute approximate surface area is 137 Å². The lowest BCUT2D eigenvalue weighted by Gasteiger charge is -2.10. The number of carboxylic acid groups (broad SMARTS) is 1. The molecule has 0 heterocycles. The zero-order chi connectivity index (χ0) is 17.2. The van der Waals surface area contributed by atoms with E-state index in [4.69, 9.17) is 16.7 Å². The highest BCUT2D eigenvalue weighted by Crippen LogP contribution is 2.26. The smallest absolute Gasteiger partial charge is 0.335 e. The molecule has 0 saturated heterocycles. The number of nitrogens with one attached hydrogen (secondary N) is 1. The number of benzene rings is 2. The summed E-state index contributed by atoms with van der Waals surface area (Å²) in [7, 11) is -3.96. The molecule has 0 aliphatic rings. The van der Waals surface area contributed by atoms with E-state index in [9.17, 15) is 18.0 Å². The van der Waals surface area contributed by atoms with E-state index in [1.165, 1.54) is 43.3 Å². The fourth-order valence-corrected chi connectivity index (χ4v) is 3.10. The molecule has 0 aromatic heterocycles. The van der Waals surface area contributed by atoms with Gasteiger partial charge in [-0.3, -0.25) is 9.52 Å². The Morgan fingerprint density at radius 3 is 2.13 bits per heavy atom. The van der Waals surface area contributed by atoms with Crippen LogP contribution in [0.4, 0.5) is 5.69 Å². The third kappa shape index (κ3) is 3.88. The van der Waals surface area contributed by atoms with Crippen molar-refractivity contribution in [3.63, 3.8) is 0 Å².